The minimum atomic E-state index is -1.01. The first-order valence-electron chi connectivity index (χ1n) is 5.54. The Morgan fingerprint density at radius 3 is 2.21 bits per heavy atom. The normalized spacial score (nSPS) is 10.3. The molecule has 2 rings (SSSR count). The molecule has 0 unspecified atom stereocenters. The maximum atomic E-state index is 11.2. The lowest BCUT2D eigenvalue weighted by Crippen LogP contribution is -2.05. The zero-order valence-electron chi connectivity index (χ0n) is 10.1. The van der Waals surface area contributed by atoms with Gasteiger partial charge in [0.05, 0.1) is 27.0 Å². The maximum Gasteiger partial charge on any atom is 0.337 e. The summed E-state index contributed by atoms with van der Waals surface area (Å²) in [5.74, 6) is -1.01. The molecule has 0 spiro atoms. The molecular formula is C14H11Cl2NO2. The van der Waals surface area contributed by atoms with E-state index in [-0.39, 0.29) is 5.56 Å². The summed E-state index contributed by atoms with van der Waals surface area (Å²) in [5, 5.41) is 13.1. The SMILES string of the molecule is Cc1cccc(C(=O)O)c1Nc1c(Cl)cccc1Cl. The lowest BCUT2D eigenvalue weighted by molar-refractivity contribution is 0.0698. The first-order chi connectivity index (χ1) is 9.00. The van der Waals surface area contributed by atoms with Gasteiger partial charge in [0.25, 0.3) is 0 Å². The number of hydrogen-bond donors (Lipinski definition) is 2. The number of nitrogens with one attached hydrogen (secondary N) is 1. The van der Waals surface area contributed by atoms with Crippen LogP contribution < -0.4 is 5.32 Å². The Morgan fingerprint density at radius 2 is 1.63 bits per heavy atom. The van der Waals surface area contributed by atoms with Crippen LogP contribution >= 0.6 is 23.2 Å². The van der Waals surface area contributed by atoms with E-state index in [4.69, 9.17) is 23.2 Å². The summed E-state index contributed by atoms with van der Waals surface area (Å²) in [7, 11) is 0. The van der Waals surface area contributed by atoms with Crippen LogP contribution in [0.5, 0.6) is 0 Å². The number of rotatable bonds is 3. The number of benzene rings is 2. The summed E-state index contributed by atoms with van der Waals surface area (Å²) >= 11 is 12.1. The molecule has 0 radical (unpaired) electrons. The molecule has 0 aliphatic rings. The molecule has 0 fully saturated rings. The van der Waals surface area contributed by atoms with Gasteiger partial charge in [-0.05, 0) is 30.7 Å². The van der Waals surface area contributed by atoms with Crippen LogP contribution in [0.4, 0.5) is 11.4 Å². The number of aryl methyl sites for hydroxylation is 1. The molecule has 0 aliphatic heterocycles. The molecule has 2 N–H and O–H groups in total. The van der Waals surface area contributed by atoms with Gasteiger partial charge in [0, 0.05) is 0 Å². The first kappa shape index (κ1) is 13.7. The summed E-state index contributed by atoms with van der Waals surface area (Å²) < 4.78 is 0. The van der Waals surface area contributed by atoms with Crippen molar-refractivity contribution >= 4 is 40.5 Å². The number of carboxylic acids is 1. The van der Waals surface area contributed by atoms with Crippen LogP contribution in [0.15, 0.2) is 36.4 Å². The summed E-state index contributed by atoms with van der Waals surface area (Å²) in [6.45, 7) is 1.82. The molecule has 19 heavy (non-hydrogen) atoms. The van der Waals surface area contributed by atoms with Gasteiger partial charge in [0.1, 0.15) is 0 Å². The van der Waals surface area contributed by atoms with Gasteiger partial charge in [0.15, 0.2) is 0 Å². The minimum absolute atomic E-state index is 0.177. The quantitative estimate of drug-likeness (QED) is 0.859. The lowest BCUT2D eigenvalue weighted by atomic mass is 10.1. The van der Waals surface area contributed by atoms with Crippen molar-refractivity contribution in [2.45, 2.75) is 6.92 Å². The van der Waals surface area contributed by atoms with Crippen molar-refractivity contribution in [3.63, 3.8) is 0 Å². The number of anilines is 2. The number of carbonyl (C=O) groups is 1. The number of hydrogen-bond acceptors (Lipinski definition) is 2. The molecular weight excluding hydrogens is 285 g/mol. The standard InChI is InChI=1S/C14H11Cl2NO2/c1-8-4-2-5-9(14(18)19)12(8)17-13-10(15)6-3-7-11(13)16/h2-7,17H,1H3,(H,18,19). The van der Waals surface area contributed by atoms with Crippen molar-refractivity contribution < 1.29 is 9.90 Å². The molecule has 98 valence electrons. The first-order valence-corrected chi connectivity index (χ1v) is 6.30. The van der Waals surface area contributed by atoms with Gasteiger partial charge >= 0.3 is 5.97 Å². The van der Waals surface area contributed by atoms with Gasteiger partial charge in [-0.3, -0.25) is 0 Å². The number of para-hydroxylation sites is 2. The van der Waals surface area contributed by atoms with Gasteiger partial charge < -0.3 is 10.4 Å². The van der Waals surface area contributed by atoms with E-state index < -0.39 is 5.97 Å². The third-order valence-corrected chi connectivity index (χ3v) is 3.35. The summed E-state index contributed by atoms with van der Waals surface area (Å²) in [6, 6.07) is 10.1. The van der Waals surface area contributed by atoms with E-state index in [1.807, 2.05) is 13.0 Å². The van der Waals surface area contributed by atoms with Crippen molar-refractivity contribution in [1.29, 1.82) is 0 Å². The smallest absolute Gasteiger partial charge is 0.337 e. The van der Waals surface area contributed by atoms with Crippen molar-refractivity contribution in [2.75, 3.05) is 5.32 Å². The summed E-state index contributed by atoms with van der Waals surface area (Å²) in [5.41, 5.74) is 1.97. The van der Waals surface area contributed by atoms with Crippen LogP contribution in [-0.2, 0) is 0 Å². The highest BCUT2D eigenvalue weighted by molar-refractivity contribution is 6.39. The fourth-order valence-electron chi connectivity index (χ4n) is 1.75. The molecule has 0 amide bonds. The van der Waals surface area contributed by atoms with E-state index >= 15 is 0 Å². The molecule has 5 heteroatoms. The van der Waals surface area contributed by atoms with Gasteiger partial charge in [-0.15, -0.1) is 0 Å². The Balaban J connectivity index is 2.52. The van der Waals surface area contributed by atoms with Crippen LogP contribution in [0, 0.1) is 6.92 Å². The number of carboxylic acid groups (broad SMARTS) is 1. The van der Waals surface area contributed by atoms with Crippen molar-refractivity contribution in [3.8, 4) is 0 Å². The van der Waals surface area contributed by atoms with Crippen LogP contribution in [0.3, 0.4) is 0 Å². The van der Waals surface area contributed by atoms with E-state index in [0.29, 0.717) is 21.4 Å². The second-order valence-corrected chi connectivity index (χ2v) is 4.84. The summed E-state index contributed by atoms with van der Waals surface area (Å²) in [6.07, 6.45) is 0. The van der Waals surface area contributed by atoms with E-state index in [1.165, 1.54) is 6.07 Å². The highest BCUT2D eigenvalue weighted by Gasteiger charge is 2.14. The maximum absolute atomic E-state index is 11.2. The van der Waals surface area contributed by atoms with E-state index in [0.717, 1.165) is 5.56 Å². The Morgan fingerprint density at radius 1 is 1.05 bits per heavy atom. The predicted molar refractivity (Wildman–Crippen MR) is 77.9 cm³/mol. The van der Waals surface area contributed by atoms with Crippen molar-refractivity contribution in [1.82, 2.24) is 0 Å². The Labute approximate surface area is 120 Å². The fraction of sp³-hybridized carbons (Fsp3) is 0.0714. The Bertz CT molecular complexity index is 621. The summed E-state index contributed by atoms with van der Waals surface area (Å²) in [4.78, 5) is 11.2. The Kier molecular flexibility index (Phi) is 3.98. The second-order valence-electron chi connectivity index (χ2n) is 4.02. The Hall–Kier alpha value is -1.71. The zero-order chi connectivity index (χ0) is 14.0. The highest BCUT2D eigenvalue weighted by Crippen LogP contribution is 2.34. The largest absolute Gasteiger partial charge is 0.478 e. The fourth-order valence-corrected chi connectivity index (χ4v) is 2.25. The van der Waals surface area contributed by atoms with Gasteiger partial charge in [0.2, 0.25) is 0 Å². The van der Waals surface area contributed by atoms with Crippen LogP contribution in [0.2, 0.25) is 10.0 Å². The number of halogens is 2. The molecule has 3 nitrogen and oxygen atoms in total. The molecule has 0 aromatic heterocycles. The van der Waals surface area contributed by atoms with E-state index in [9.17, 15) is 9.90 Å². The van der Waals surface area contributed by atoms with Crippen LogP contribution in [0.25, 0.3) is 0 Å². The van der Waals surface area contributed by atoms with E-state index in [1.54, 1.807) is 24.3 Å². The molecule has 0 aliphatic carbocycles. The molecule has 2 aromatic carbocycles. The second kappa shape index (κ2) is 5.51. The molecule has 0 saturated carbocycles. The van der Waals surface area contributed by atoms with Gasteiger partial charge in [-0.2, -0.15) is 0 Å². The van der Waals surface area contributed by atoms with Crippen molar-refractivity contribution in [3.05, 3.63) is 57.6 Å². The average Bonchev–Trinajstić information content (AvgIpc) is 2.35. The molecule has 0 saturated heterocycles. The molecule has 0 bridgehead atoms. The average molecular weight is 296 g/mol. The van der Waals surface area contributed by atoms with E-state index in [2.05, 4.69) is 5.32 Å². The van der Waals surface area contributed by atoms with Crippen molar-refractivity contribution in [2.24, 2.45) is 0 Å². The van der Waals surface area contributed by atoms with Crippen LogP contribution in [-0.4, -0.2) is 11.1 Å². The van der Waals surface area contributed by atoms with Gasteiger partial charge in [-0.25, -0.2) is 4.79 Å². The predicted octanol–water partition coefficient (Wildman–Crippen LogP) is 4.74. The zero-order valence-corrected chi connectivity index (χ0v) is 11.6. The third-order valence-electron chi connectivity index (χ3n) is 2.72. The third kappa shape index (κ3) is 2.83. The van der Waals surface area contributed by atoms with Crippen LogP contribution in [0.1, 0.15) is 15.9 Å². The highest BCUT2D eigenvalue weighted by atomic mass is 35.5. The monoisotopic (exact) mass is 295 g/mol. The van der Waals surface area contributed by atoms with Gasteiger partial charge in [-0.1, -0.05) is 41.4 Å². The molecule has 2 aromatic rings. The molecule has 0 atom stereocenters. The minimum Gasteiger partial charge on any atom is -0.478 e. The number of aromatic carboxylic acids is 1. The topological polar surface area (TPSA) is 49.3 Å². The molecule has 0 heterocycles. The lowest BCUT2D eigenvalue weighted by Gasteiger charge is -2.14.